The van der Waals surface area contributed by atoms with Crippen LogP contribution in [0.15, 0.2) is 60.0 Å². The fourth-order valence-electron chi connectivity index (χ4n) is 3.47. The maximum absolute atomic E-state index is 12.8. The van der Waals surface area contributed by atoms with Crippen LogP contribution >= 0.6 is 11.3 Å². The Morgan fingerprint density at radius 2 is 1.86 bits per heavy atom. The molecule has 1 aliphatic heterocycles. The number of hydrogen-bond acceptors (Lipinski definition) is 4. The first kappa shape index (κ1) is 18.4. The van der Waals surface area contributed by atoms with Crippen molar-refractivity contribution < 1.29 is 9.59 Å². The first-order valence-corrected chi connectivity index (χ1v) is 10.2. The van der Waals surface area contributed by atoms with E-state index in [1.165, 1.54) is 0 Å². The largest absolute Gasteiger partial charge is 0.327 e. The molecule has 3 aromatic rings. The maximum atomic E-state index is 12.8. The number of aryl methyl sites for hydroxylation is 1. The van der Waals surface area contributed by atoms with E-state index in [-0.39, 0.29) is 11.8 Å². The lowest BCUT2D eigenvalue weighted by atomic mass is 10.1. The fraction of sp³-hybridized carbons (Fsp3) is 0.227. The Balaban J connectivity index is 1.44. The molecule has 1 N–H and O–H groups in total. The molecule has 6 heteroatoms. The molecule has 0 bridgehead atoms. The van der Waals surface area contributed by atoms with Gasteiger partial charge >= 0.3 is 0 Å². The van der Waals surface area contributed by atoms with Gasteiger partial charge in [-0.2, -0.15) is 0 Å². The number of anilines is 1. The molecule has 0 saturated carbocycles. The van der Waals surface area contributed by atoms with Crippen LogP contribution in [0.25, 0.3) is 11.3 Å². The van der Waals surface area contributed by atoms with Crippen molar-refractivity contribution in [1.29, 1.82) is 0 Å². The van der Waals surface area contributed by atoms with Gasteiger partial charge < -0.3 is 10.2 Å². The van der Waals surface area contributed by atoms with E-state index in [9.17, 15) is 9.59 Å². The molecule has 142 valence electrons. The van der Waals surface area contributed by atoms with Gasteiger partial charge in [0.25, 0.3) is 5.91 Å². The zero-order chi connectivity index (χ0) is 19.5. The number of carbonyl (C=O) groups excluding carboxylic acids is 2. The molecule has 1 saturated heterocycles. The molecule has 1 aromatic heterocycles. The van der Waals surface area contributed by atoms with Crippen molar-refractivity contribution >= 4 is 28.8 Å². The molecule has 2 heterocycles. The average Bonchev–Trinajstić information content (AvgIpc) is 3.38. The van der Waals surface area contributed by atoms with Gasteiger partial charge in [-0.25, -0.2) is 4.98 Å². The lowest BCUT2D eigenvalue weighted by molar-refractivity contribution is -0.119. The Bertz CT molecular complexity index is 983. The zero-order valence-corrected chi connectivity index (χ0v) is 16.4. The van der Waals surface area contributed by atoms with Crippen LogP contribution in [0.1, 0.15) is 28.2 Å². The summed E-state index contributed by atoms with van der Waals surface area (Å²) in [5.74, 6) is -0.230. The number of thiazole rings is 1. The molecule has 2 amide bonds. The van der Waals surface area contributed by atoms with Gasteiger partial charge in [0.2, 0.25) is 5.91 Å². The topological polar surface area (TPSA) is 62.3 Å². The highest BCUT2D eigenvalue weighted by Crippen LogP contribution is 2.25. The Hall–Kier alpha value is -2.99. The minimum absolute atomic E-state index is 0.0903. The van der Waals surface area contributed by atoms with Crippen LogP contribution in [0.3, 0.4) is 0 Å². The molecule has 1 atom stereocenters. The predicted molar refractivity (Wildman–Crippen MR) is 111 cm³/mol. The van der Waals surface area contributed by atoms with Gasteiger partial charge in [0, 0.05) is 28.7 Å². The van der Waals surface area contributed by atoms with Crippen molar-refractivity contribution in [2.75, 3.05) is 11.9 Å². The molecule has 1 fully saturated rings. The van der Waals surface area contributed by atoms with Gasteiger partial charge in [0.1, 0.15) is 6.04 Å². The number of carbonyl (C=O) groups is 2. The van der Waals surface area contributed by atoms with Crippen molar-refractivity contribution in [1.82, 2.24) is 9.88 Å². The molecule has 0 aliphatic carbocycles. The van der Waals surface area contributed by atoms with Crippen LogP contribution in [-0.4, -0.2) is 34.3 Å². The van der Waals surface area contributed by atoms with E-state index in [0.717, 1.165) is 28.4 Å². The highest BCUT2D eigenvalue weighted by molar-refractivity contribution is 7.09. The predicted octanol–water partition coefficient (Wildman–Crippen LogP) is 4.36. The number of hydrogen-bond donors (Lipinski definition) is 1. The first-order chi connectivity index (χ1) is 13.6. The summed E-state index contributed by atoms with van der Waals surface area (Å²) in [6.07, 6.45) is 1.51. The second-order valence-corrected chi connectivity index (χ2v) is 7.90. The normalized spacial score (nSPS) is 16.2. The number of likely N-dealkylation sites (tertiary alicyclic amines) is 1. The van der Waals surface area contributed by atoms with Crippen LogP contribution in [0, 0.1) is 6.92 Å². The number of rotatable bonds is 4. The minimum Gasteiger partial charge on any atom is -0.327 e. The number of nitrogens with one attached hydrogen (secondary N) is 1. The summed E-state index contributed by atoms with van der Waals surface area (Å²) < 4.78 is 0. The van der Waals surface area contributed by atoms with Crippen molar-refractivity contribution in [3.63, 3.8) is 0 Å². The molecule has 28 heavy (non-hydrogen) atoms. The van der Waals surface area contributed by atoms with Crippen molar-refractivity contribution in [2.45, 2.75) is 25.8 Å². The molecular weight excluding hydrogens is 370 g/mol. The van der Waals surface area contributed by atoms with Gasteiger partial charge in [0.05, 0.1) is 10.7 Å². The third kappa shape index (κ3) is 3.82. The molecule has 5 nitrogen and oxygen atoms in total. The number of benzene rings is 2. The van der Waals surface area contributed by atoms with Crippen LogP contribution in [-0.2, 0) is 4.79 Å². The van der Waals surface area contributed by atoms with Crippen LogP contribution < -0.4 is 5.32 Å². The summed E-state index contributed by atoms with van der Waals surface area (Å²) in [6, 6.07) is 16.3. The second kappa shape index (κ2) is 7.94. The van der Waals surface area contributed by atoms with Crippen molar-refractivity contribution in [3.05, 3.63) is 70.5 Å². The first-order valence-electron chi connectivity index (χ1n) is 9.31. The lowest BCUT2D eigenvalue weighted by Crippen LogP contribution is -2.43. The zero-order valence-electron chi connectivity index (χ0n) is 15.6. The van der Waals surface area contributed by atoms with Crippen molar-refractivity contribution in [2.24, 2.45) is 0 Å². The molecular formula is C22H21N3O2S. The quantitative estimate of drug-likeness (QED) is 0.719. The van der Waals surface area contributed by atoms with Crippen molar-refractivity contribution in [3.8, 4) is 11.3 Å². The third-order valence-electron chi connectivity index (χ3n) is 4.90. The molecule has 4 rings (SSSR count). The maximum Gasteiger partial charge on any atom is 0.254 e. The van der Waals surface area contributed by atoms with E-state index in [4.69, 9.17) is 0 Å². The Kier molecular flexibility index (Phi) is 5.21. The monoisotopic (exact) mass is 391 g/mol. The van der Waals surface area contributed by atoms with Crippen LogP contribution in [0.2, 0.25) is 0 Å². The lowest BCUT2D eigenvalue weighted by Gasteiger charge is -2.24. The Morgan fingerprint density at radius 3 is 2.54 bits per heavy atom. The van der Waals surface area contributed by atoms with E-state index in [1.54, 1.807) is 28.4 Å². The fourth-order valence-corrected chi connectivity index (χ4v) is 4.10. The average molecular weight is 391 g/mol. The molecule has 0 unspecified atom stereocenters. The molecule has 2 aromatic carbocycles. The highest BCUT2D eigenvalue weighted by atomic mass is 32.1. The Morgan fingerprint density at radius 1 is 1.11 bits per heavy atom. The molecule has 0 spiro atoms. The van der Waals surface area contributed by atoms with E-state index >= 15 is 0 Å². The SMILES string of the molecule is Cc1nc(-c2ccc(NC(=O)[C@H]3CCCN3C(=O)c3ccccc3)cc2)cs1. The minimum atomic E-state index is -0.437. The second-order valence-electron chi connectivity index (χ2n) is 6.84. The van der Waals surface area contributed by atoms with Gasteiger partial charge in [0.15, 0.2) is 0 Å². The van der Waals surface area contributed by atoms with Gasteiger partial charge in [-0.05, 0) is 44.0 Å². The summed E-state index contributed by atoms with van der Waals surface area (Å²) in [5, 5.41) is 6.00. The summed E-state index contributed by atoms with van der Waals surface area (Å²) in [6.45, 7) is 2.58. The summed E-state index contributed by atoms with van der Waals surface area (Å²) >= 11 is 1.61. The summed E-state index contributed by atoms with van der Waals surface area (Å²) in [7, 11) is 0. The number of amides is 2. The van der Waals surface area contributed by atoms with Gasteiger partial charge in [-0.1, -0.05) is 30.3 Å². The number of aromatic nitrogens is 1. The van der Waals surface area contributed by atoms with E-state index in [1.807, 2.05) is 54.8 Å². The summed E-state index contributed by atoms with van der Waals surface area (Å²) in [5.41, 5.74) is 3.30. The van der Waals surface area contributed by atoms with E-state index in [0.29, 0.717) is 18.5 Å². The molecule has 1 aliphatic rings. The molecule has 0 radical (unpaired) electrons. The summed E-state index contributed by atoms with van der Waals surface area (Å²) in [4.78, 5) is 31.7. The highest BCUT2D eigenvalue weighted by Gasteiger charge is 2.34. The van der Waals surface area contributed by atoms with Gasteiger partial charge in [-0.15, -0.1) is 11.3 Å². The van der Waals surface area contributed by atoms with E-state index < -0.39 is 6.04 Å². The number of nitrogens with zero attached hydrogens (tertiary/aromatic N) is 2. The van der Waals surface area contributed by atoms with Crippen LogP contribution in [0.5, 0.6) is 0 Å². The third-order valence-corrected chi connectivity index (χ3v) is 5.68. The van der Waals surface area contributed by atoms with Crippen LogP contribution in [0.4, 0.5) is 5.69 Å². The standard InChI is InChI=1S/C22H21N3O2S/c1-15-23-19(14-28-15)16-9-11-18(12-10-16)24-21(26)20-8-5-13-25(20)22(27)17-6-3-2-4-7-17/h2-4,6-7,9-12,14,20H,5,8,13H2,1H3,(H,24,26)/t20-/m1/s1. The Labute approximate surface area is 168 Å². The van der Waals surface area contributed by atoms with Gasteiger partial charge in [-0.3, -0.25) is 9.59 Å². The smallest absolute Gasteiger partial charge is 0.254 e. The van der Waals surface area contributed by atoms with E-state index in [2.05, 4.69) is 10.3 Å².